The molecule has 0 fully saturated rings. The van der Waals surface area contributed by atoms with E-state index in [-0.39, 0.29) is 6.42 Å². The molecule has 0 saturated heterocycles. The fourth-order valence-electron chi connectivity index (χ4n) is 2.53. The van der Waals surface area contributed by atoms with E-state index in [4.69, 9.17) is 14.2 Å². The Morgan fingerprint density at radius 1 is 0.848 bits per heavy atom. The molecule has 1 aromatic rings. The third kappa shape index (κ3) is 9.73. The Morgan fingerprint density at radius 3 is 1.73 bits per heavy atom. The number of thioether (sulfide) groups is 1. The van der Waals surface area contributed by atoms with Crippen molar-refractivity contribution in [3.63, 3.8) is 0 Å². The fourth-order valence-corrected chi connectivity index (χ4v) is 3.44. The van der Waals surface area contributed by atoms with E-state index in [2.05, 4.69) is 4.74 Å². The lowest BCUT2D eigenvalue weighted by Gasteiger charge is -2.32. The van der Waals surface area contributed by atoms with Gasteiger partial charge in [-0.1, -0.05) is 0 Å². The van der Waals surface area contributed by atoms with Crippen molar-refractivity contribution in [2.75, 3.05) is 20.0 Å². The van der Waals surface area contributed by atoms with Crippen LogP contribution in [-0.4, -0.2) is 66.2 Å². The monoisotopic (exact) mass is 483 g/mol. The Labute approximate surface area is 199 Å². The lowest BCUT2D eigenvalue weighted by atomic mass is 10.2. The van der Waals surface area contributed by atoms with Crippen LogP contribution in [-0.2, 0) is 23.7 Å². The van der Waals surface area contributed by atoms with Crippen LogP contribution < -0.4 is 0 Å². The molecule has 0 heterocycles. The van der Waals surface area contributed by atoms with E-state index in [1.54, 1.807) is 65.8 Å². The van der Waals surface area contributed by atoms with Gasteiger partial charge >= 0.3 is 24.1 Å². The number of hydrogen-bond acceptors (Lipinski definition) is 9. The first-order valence-electron chi connectivity index (χ1n) is 10.3. The van der Waals surface area contributed by atoms with Crippen LogP contribution in [0.25, 0.3) is 0 Å². The van der Waals surface area contributed by atoms with Gasteiger partial charge < -0.3 is 18.9 Å². The van der Waals surface area contributed by atoms with Gasteiger partial charge in [0.15, 0.2) is 0 Å². The summed E-state index contributed by atoms with van der Waals surface area (Å²) in [6, 6.07) is 5.48. The summed E-state index contributed by atoms with van der Waals surface area (Å²) >= 11 is 1.38. The van der Waals surface area contributed by atoms with Crippen molar-refractivity contribution in [2.24, 2.45) is 0 Å². The summed E-state index contributed by atoms with van der Waals surface area (Å²) in [5.74, 6) is -0.851. The average molecular weight is 484 g/mol. The van der Waals surface area contributed by atoms with Crippen molar-refractivity contribution in [1.29, 1.82) is 0 Å². The Morgan fingerprint density at radius 2 is 1.33 bits per heavy atom. The van der Waals surface area contributed by atoms with Crippen molar-refractivity contribution in [1.82, 2.24) is 4.90 Å². The van der Waals surface area contributed by atoms with E-state index >= 15 is 0 Å². The zero-order valence-electron chi connectivity index (χ0n) is 20.4. The van der Waals surface area contributed by atoms with Crippen LogP contribution in [0.1, 0.15) is 58.3 Å². The normalized spacial score (nSPS) is 12.4. The first-order valence-corrected chi connectivity index (χ1v) is 11.3. The van der Waals surface area contributed by atoms with E-state index in [1.807, 2.05) is 0 Å². The molecule has 0 N–H and O–H groups in total. The average Bonchev–Trinajstić information content (AvgIpc) is 2.69. The number of nitrogens with zero attached hydrogens (tertiary/aromatic N) is 1. The number of carbonyl (C=O) groups is 4. The molecule has 0 aliphatic heterocycles. The molecule has 0 aromatic heterocycles. The lowest BCUT2D eigenvalue weighted by molar-refractivity contribution is -0.146. The highest BCUT2D eigenvalue weighted by Gasteiger charge is 2.40. The smallest absolute Gasteiger partial charge is 0.420 e. The highest BCUT2D eigenvalue weighted by Crippen LogP contribution is 2.24. The van der Waals surface area contributed by atoms with Crippen LogP contribution in [0.3, 0.4) is 0 Å². The Kier molecular flexibility index (Phi) is 10.2. The Bertz CT molecular complexity index is 812. The number of benzene rings is 1. The van der Waals surface area contributed by atoms with E-state index in [0.29, 0.717) is 16.2 Å². The quantitative estimate of drug-likeness (QED) is 0.310. The van der Waals surface area contributed by atoms with Crippen LogP contribution >= 0.6 is 11.8 Å². The van der Waals surface area contributed by atoms with Gasteiger partial charge in [0.25, 0.3) is 0 Å². The summed E-state index contributed by atoms with van der Waals surface area (Å²) in [5, 5.41) is 0. The van der Waals surface area contributed by atoms with Gasteiger partial charge in [-0.2, -0.15) is 4.90 Å². The summed E-state index contributed by atoms with van der Waals surface area (Å²) in [4.78, 5) is 51.3. The first kappa shape index (κ1) is 28.3. The van der Waals surface area contributed by atoms with Gasteiger partial charge in [-0.15, -0.1) is 11.8 Å². The van der Waals surface area contributed by atoms with Crippen LogP contribution in [0.15, 0.2) is 29.2 Å². The van der Waals surface area contributed by atoms with Crippen LogP contribution in [0.4, 0.5) is 9.59 Å². The van der Waals surface area contributed by atoms with Gasteiger partial charge in [0, 0.05) is 10.6 Å². The minimum Gasteiger partial charge on any atom is -0.467 e. The SMILES string of the molecule is COC(=O)c1ccc(SCCC(C(=O)OC)N(C(=O)OC(C)(C)C)C(=O)OC(C)(C)C)cc1. The summed E-state index contributed by atoms with van der Waals surface area (Å²) < 4.78 is 20.2. The van der Waals surface area contributed by atoms with Crippen LogP contribution in [0.2, 0.25) is 0 Å². The lowest BCUT2D eigenvalue weighted by Crippen LogP contribution is -2.52. The highest BCUT2D eigenvalue weighted by molar-refractivity contribution is 7.99. The third-order valence-corrected chi connectivity index (χ3v) is 4.95. The number of rotatable bonds is 7. The molecule has 1 aromatic carbocycles. The maximum absolute atomic E-state index is 12.9. The van der Waals surface area contributed by atoms with Gasteiger partial charge in [-0.3, -0.25) is 0 Å². The maximum atomic E-state index is 12.9. The minimum absolute atomic E-state index is 0.0918. The van der Waals surface area contributed by atoms with Crippen LogP contribution in [0.5, 0.6) is 0 Å². The summed E-state index contributed by atoms with van der Waals surface area (Å²) in [5.41, 5.74) is -1.38. The molecule has 184 valence electrons. The zero-order valence-corrected chi connectivity index (χ0v) is 21.2. The Hall–Kier alpha value is -2.75. The predicted molar refractivity (Wildman–Crippen MR) is 123 cm³/mol. The van der Waals surface area contributed by atoms with Gasteiger partial charge in [0.05, 0.1) is 19.8 Å². The predicted octanol–water partition coefficient (Wildman–Crippen LogP) is 4.67. The van der Waals surface area contributed by atoms with Crippen molar-refractivity contribution in [3.05, 3.63) is 29.8 Å². The Balaban J connectivity index is 3.07. The summed E-state index contributed by atoms with van der Waals surface area (Å²) in [6.45, 7) is 9.91. The van der Waals surface area contributed by atoms with Crippen molar-refractivity contribution in [3.8, 4) is 0 Å². The van der Waals surface area contributed by atoms with E-state index in [9.17, 15) is 19.2 Å². The molecule has 9 nitrogen and oxygen atoms in total. The minimum atomic E-state index is -1.25. The molecule has 0 aliphatic rings. The second kappa shape index (κ2) is 11.9. The molecule has 0 aliphatic carbocycles. The highest BCUT2D eigenvalue weighted by atomic mass is 32.2. The molecule has 10 heteroatoms. The van der Waals surface area contributed by atoms with E-state index in [0.717, 1.165) is 4.90 Å². The van der Waals surface area contributed by atoms with Gasteiger partial charge in [-0.25, -0.2) is 19.2 Å². The number of imide groups is 1. The van der Waals surface area contributed by atoms with Crippen molar-refractivity contribution >= 4 is 35.9 Å². The first-order chi connectivity index (χ1) is 15.2. The third-order valence-electron chi connectivity index (χ3n) is 3.90. The second-order valence-corrected chi connectivity index (χ2v) is 10.2. The van der Waals surface area contributed by atoms with Gasteiger partial charge in [-0.05, 0) is 72.2 Å². The molecular weight excluding hydrogens is 450 g/mol. The van der Waals surface area contributed by atoms with Crippen molar-refractivity contribution in [2.45, 2.75) is 70.1 Å². The number of amides is 2. The molecule has 0 radical (unpaired) electrons. The maximum Gasteiger partial charge on any atom is 0.420 e. The molecule has 0 saturated carbocycles. The molecule has 0 spiro atoms. The summed E-state index contributed by atoms with van der Waals surface area (Å²) in [7, 11) is 2.48. The standard InChI is InChI=1S/C23H33NO8S/c1-22(2,3)31-20(27)24(21(28)32-23(4,5)6)17(19(26)30-8)13-14-33-16-11-9-15(10-12-16)18(25)29-7/h9-12,17H,13-14H2,1-8H3. The van der Waals surface area contributed by atoms with Gasteiger partial charge in [0.2, 0.25) is 0 Å². The topological polar surface area (TPSA) is 108 Å². The molecular formula is C23H33NO8S. The van der Waals surface area contributed by atoms with Crippen molar-refractivity contribution < 1.29 is 38.1 Å². The second-order valence-electron chi connectivity index (χ2n) is 9.02. The molecule has 0 bridgehead atoms. The van der Waals surface area contributed by atoms with Crippen LogP contribution in [0, 0.1) is 0 Å². The fraction of sp³-hybridized carbons (Fsp3) is 0.565. The number of methoxy groups -OCH3 is 2. The number of ether oxygens (including phenoxy) is 4. The molecule has 2 amide bonds. The zero-order chi connectivity index (χ0) is 25.4. The number of esters is 2. The number of hydrogen-bond donors (Lipinski definition) is 0. The molecule has 1 rings (SSSR count). The molecule has 1 atom stereocenters. The van der Waals surface area contributed by atoms with E-state index < -0.39 is 41.4 Å². The van der Waals surface area contributed by atoms with E-state index in [1.165, 1.54) is 26.0 Å². The number of carbonyl (C=O) groups excluding carboxylic acids is 4. The molecule has 33 heavy (non-hydrogen) atoms. The summed E-state index contributed by atoms with van der Waals surface area (Å²) in [6.07, 6.45) is -1.91. The largest absolute Gasteiger partial charge is 0.467 e. The molecule has 1 unspecified atom stereocenters. The van der Waals surface area contributed by atoms with Gasteiger partial charge in [0.1, 0.15) is 17.2 Å².